The molecule has 0 amide bonds. The maximum absolute atomic E-state index is 12.1. The summed E-state index contributed by atoms with van der Waals surface area (Å²) in [5.74, 6) is -1.29. The van der Waals surface area contributed by atoms with E-state index < -0.39 is 20.7 Å². The third-order valence-corrected chi connectivity index (χ3v) is 5.57. The Morgan fingerprint density at radius 3 is 1.94 bits per heavy atom. The van der Waals surface area contributed by atoms with Gasteiger partial charge in [0.15, 0.2) is 4.75 Å². The molecule has 94 valence electrons. The first kappa shape index (κ1) is 13.4. The zero-order chi connectivity index (χ0) is 12.4. The zero-order valence-electron chi connectivity index (χ0n) is 9.77. The van der Waals surface area contributed by atoms with E-state index in [-0.39, 0.29) is 0 Å². The highest BCUT2D eigenvalue weighted by Gasteiger charge is 2.45. The van der Waals surface area contributed by atoms with Gasteiger partial charge < -0.3 is 5.11 Å². The number of nitrogens with zero attached hydrogens (tertiary/aromatic N) is 1. The third kappa shape index (κ3) is 2.38. The summed E-state index contributed by atoms with van der Waals surface area (Å²) in [7, 11) is -3.75. The van der Waals surface area contributed by atoms with Gasteiger partial charge in [-0.05, 0) is 26.7 Å². The van der Waals surface area contributed by atoms with E-state index in [0.717, 1.165) is 25.7 Å². The Morgan fingerprint density at radius 1 is 1.12 bits per heavy atom. The molecule has 5 nitrogen and oxygen atoms in total. The monoisotopic (exact) mass is 249 g/mol. The highest BCUT2D eigenvalue weighted by molar-refractivity contribution is 7.91. The topological polar surface area (TPSA) is 74.7 Å². The number of carboxylic acid groups (broad SMARTS) is 1. The van der Waals surface area contributed by atoms with Crippen LogP contribution >= 0.6 is 0 Å². The van der Waals surface area contributed by atoms with E-state index in [1.165, 1.54) is 18.2 Å². The second kappa shape index (κ2) is 4.71. The summed E-state index contributed by atoms with van der Waals surface area (Å²) in [6, 6.07) is 0. The van der Waals surface area contributed by atoms with Gasteiger partial charge in [-0.2, -0.15) is 0 Å². The van der Waals surface area contributed by atoms with Gasteiger partial charge in [-0.1, -0.05) is 12.8 Å². The van der Waals surface area contributed by atoms with Crippen molar-refractivity contribution in [1.29, 1.82) is 0 Å². The molecule has 1 saturated heterocycles. The van der Waals surface area contributed by atoms with Gasteiger partial charge in [0.2, 0.25) is 10.0 Å². The van der Waals surface area contributed by atoms with Crippen molar-refractivity contribution >= 4 is 16.0 Å². The highest BCUT2D eigenvalue weighted by atomic mass is 32.2. The molecule has 1 heterocycles. The molecule has 0 aliphatic carbocycles. The zero-order valence-corrected chi connectivity index (χ0v) is 10.6. The number of carboxylic acids is 1. The number of sulfonamides is 1. The number of aliphatic carboxylic acids is 1. The van der Waals surface area contributed by atoms with E-state index in [2.05, 4.69) is 0 Å². The SMILES string of the molecule is CC(C)(C(=O)O)S(=O)(=O)N1CCCCCC1. The number of hydrogen-bond acceptors (Lipinski definition) is 3. The third-order valence-electron chi connectivity index (χ3n) is 3.06. The van der Waals surface area contributed by atoms with Gasteiger partial charge in [-0.3, -0.25) is 4.79 Å². The van der Waals surface area contributed by atoms with Gasteiger partial charge in [0, 0.05) is 13.1 Å². The van der Waals surface area contributed by atoms with Crippen LogP contribution in [-0.2, 0) is 14.8 Å². The maximum atomic E-state index is 12.1. The van der Waals surface area contributed by atoms with Crippen LogP contribution in [0.5, 0.6) is 0 Å². The summed E-state index contributed by atoms with van der Waals surface area (Å²) in [4.78, 5) is 11.0. The van der Waals surface area contributed by atoms with E-state index in [0.29, 0.717) is 13.1 Å². The molecule has 0 aromatic rings. The fraction of sp³-hybridized carbons (Fsp3) is 0.900. The molecule has 16 heavy (non-hydrogen) atoms. The molecule has 1 aliphatic rings. The van der Waals surface area contributed by atoms with Crippen molar-refractivity contribution < 1.29 is 18.3 Å². The van der Waals surface area contributed by atoms with Crippen LogP contribution in [0.2, 0.25) is 0 Å². The molecule has 1 N–H and O–H groups in total. The van der Waals surface area contributed by atoms with Crippen molar-refractivity contribution in [3.63, 3.8) is 0 Å². The fourth-order valence-electron chi connectivity index (χ4n) is 1.72. The summed E-state index contributed by atoms with van der Waals surface area (Å²) in [6.07, 6.45) is 3.66. The lowest BCUT2D eigenvalue weighted by molar-refractivity contribution is -0.139. The minimum absolute atomic E-state index is 0.443. The average molecular weight is 249 g/mol. The predicted molar refractivity (Wildman–Crippen MR) is 60.7 cm³/mol. The van der Waals surface area contributed by atoms with Gasteiger partial charge in [0.25, 0.3) is 0 Å². The summed E-state index contributed by atoms with van der Waals surface area (Å²) < 4.78 is 23.9. The molecular formula is C10H19NO4S. The molecule has 0 aromatic heterocycles. The molecule has 0 atom stereocenters. The Labute approximate surface area is 96.5 Å². The second-order valence-electron chi connectivity index (χ2n) is 4.63. The average Bonchev–Trinajstić information content (AvgIpc) is 2.45. The van der Waals surface area contributed by atoms with Crippen LogP contribution in [-0.4, -0.2) is 41.6 Å². The Balaban J connectivity index is 2.96. The number of hydrogen-bond donors (Lipinski definition) is 1. The fourth-order valence-corrected chi connectivity index (χ4v) is 3.32. The second-order valence-corrected chi connectivity index (χ2v) is 7.12. The van der Waals surface area contributed by atoms with Crippen LogP contribution in [0.15, 0.2) is 0 Å². The molecule has 0 radical (unpaired) electrons. The smallest absolute Gasteiger partial charge is 0.325 e. The minimum Gasteiger partial charge on any atom is -0.480 e. The molecule has 0 spiro atoms. The summed E-state index contributed by atoms with van der Waals surface area (Å²) in [5, 5.41) is 8.97. The Bertz CT molecular complexity index is 353. The predicted octanol–water partition coefficient (Wildman–Crippen LogP) is 1.06. The normalized spacial score (nSPS) is 20.4. The Hall–Kier alpha value is -0.620. The Kier molecular flexibility index (Phi) is 3.96. The first-order valence-electron chi connectivity index (χ1n) is 5.53. The molecule has 0 bridgehead atoms. The molecule has 0 unspecified atom stereocenters. The lowest BCUT2D eigenvalue weighted by Crippen LogP contribution is -2.49. The van der Waals surface area contributed by atoms with Gasteiger partial charge in [0.1, 0.15) is 0 Å². The van der Waals surface area contributed by atoms with Crippen LogP contribution in [0.1, 0.15) is 39.5 Å². The van der Waals surface area contributed by atoms with Crippen molar-refractivity contribution in [2.75, 3.05) is 13.1 Å². The molecule has 1 fully saturated rings. The van der Waals surface area contributed by atoms with Crippen molar-refractivity contribution in [3.8, 4) is 0 Å². The quantitative estimate of drug-likeness (QED) is 0.811. The molecule has 1 rings (SSSR count). The van der Waals surface area contributed by atoms with Gasteiger partial charge in [-0.15, -0.1) is 0 Å². The lowest BCUT2D eigenvalue weighted by Gasteiger charge is -2.28. The van der Waals surface area contributed by atoms with Crippen LogP contribution in [0, 0.1) is 0 Å². The summed E-state index contributed by atoms with van der Waals surface area (Å²) in [5.41, 5.74) is 0. The minimum atomic E-state index is -3.75. The number of rotatable bonds is 3. The van der Waals surface area contributed by atoms with E-state index in [1.807, 2.05) is 0 Å². The first-order chi connectivity index (χ1) is 7.30. The molecule has 0 saturated carbocycles. The van der Waals surface area contributed by atoms with Crippen LogP contribution in [0.4, 0.5) is 0 Å². The van der Waals surface area contributed by atoms with E-state index >= 15 is 0 Å². The first-order valence-corrected chi connectivity index (χ1v) is 6.97. The van der Waals surface area contributed by atoms with Gasteiger partial charge >= 0.3 is 5.97 Å². The van der Waals surface area contributed by atoms with E-state index in [4.69, 9.17) is 5.11 Å². The molecule has 0 aromatic carbocycles. The van der Waals surface area contributed by atoms with Crippen molar-refractivity contribution in [2.45, 2.75) is 44.3 Å². The number of carbonyl (C=O) groups is 1. The van der Waals surface area contributed by atoms with Crippen LogP contribution in [0.3, 0.4) is 0 Å². The van der Waals surface area contributed by atoms with Crippen molar-refractivity contribution in [1.82, 2.24) is 4.31 Å². The molecular weight excluding hydrogens is 230 g/mol. The maximum Gasteiger partial charge on any atom is 0.325 e. The summed E-state index contributed by atoms with van der Waals surface area (Å²) in [6.45, 7) is 3.38. The highest BCUT2D eigenvalue weighted by Crippen LogP contribution is 2.24. The van der Waals surface area contributed by atoms with E-state index in [9.17, 15) is 13.2 Å². The van der Waals surface area contributed by atoms with E-state index in [1.54, 1.807) is 0 Å². The van der Waals surface area contributed by atoms with Crippen molar-refractivity contribution in [3.05, 3.63) is 0 Å². The van der Waals surface area contributed by atoms with Crippen LogP contribution in [0.25, 0.3) is 0 Å². The van der Waals surface area contributed by atoms with Gasteiger partial charge in [0.05, 0.1) is 0 Å². The van der Waals surface area contributed by atoms with Gasteiger partial charge in [-0.25, -0.2) is 12.7 Å². The Morgan fingerprint density at radius 2 is 1.56 bits per heavy atom. The van der Waals surface area contributed by atoms with Crippen molar-refractivity contribution in [2.24, 2.45) is 0 Å². The molecule has 1 aliphatic heterocycles. The largest absolute Gasteiger partial charge is 0.480 e. The lowest BCUT2D eigenvalue weighted by atomic mass is 10.2. The molecule has 6 heteroatoms. The standard InChI is InChI=1S/C10H19NO4S/c1-10(2,9(12)13)16(14,15)11-7-5-3-4-6-8-11/h3-8H2,1-2H3,(H,12,13). The summed E-state index contributed by atoms with van der Waals surface area (Å²) >= 11 is 0. The van der Waals surface area contributed by atoms with Crippen LogP contribution < -0.4 is 0 Å².